The van der Waals surface area contributed by atoms with Gasteiger partial charge in [0.05, 0.1) is 0 Å². The number of benzene rings is 1. The minimum Gasteiger partial charge on any atom is -0.271 e. The van der Waals surface area contributed by atoms with Crippen LogP contribution in [-0.2, 0) is 6.42 Å². The second kappa shape index (κ2) is 5.89. The van der Waals surface area contributed by atoms with Crippen LogP contribution in [0.3, 0.4) is 0 Å². The molecule has 0 aliphatic heterocycles. The summed E-state index contributed by atoms with van der Waals surface area (Å²) >= 11 is 0. The monoisotopic (exact) mass is 206 g/mol. The van der Waals surface area contributed by atoms with Gasteiger partial charge in [0.25, 0.3) is 0 Å². The summed E-state index contributed by atoms with van der Waals surface area (Å²) in [5.74, 6) is 6.09. The van der Waals surface area contributed by atoms with Gasteiger partial charge in [0.1, 0.15) is 0 Å². The Labute approximate surface area is 92.8 Å². The van der Waals surface area contributed by atoms with Gasteiger partial charge in [-0.15, -0.1) is 0 Å². The maximum atomic E-state index is 5.58. The lowest BCUT2D eigenvalue weighted by atomic mass is 9.94. The first-order chi connectivity index (χ1) is 7.19. The van der Waals surface area contributed by atoms with Gasteiger partial charge in [0.2, 0.25) is 0 Å². The molecule has 3 N–H and O–H groups in total. The SMILES string of the molecule is CCCc1cccc(C(NN)C(C)C)c1. The van der Waals surface area contributed by atoms with E-state index in [1.54, 1.807) is 0 Å². The molecular weight excluding hydrogens is 184 g/mol. The molecule has 0 spiro atoms. The van der Waals surface area contributed by atoms with Crippen molar-refractivity contribution >= 4 is 0 Å². The van der Waals surface area contributed by atoms with E-state index in [4.69, 9.17) is 5.84 Å². The molecule has 0 saturated carbocycles. The predicted octanol–water partition coefficient (Wildman–Crippen LogP) is 2.80. The maximum Gasteiger partial charge on any atom is 0.0482 e. The van der Waals surface area contributed by atoms with Crippen molar-refractivity contribution in [3.63, 3.8) is 0 Å². The Hall–Kier alpha value is -0.860. The Morgan fingerprint density at radius 2 is 2.07 bits per heavy atom. The number of hydrogen-bond acceptors (Lipinski definition) is 2. The minimum absolute atomic E-state index is 0.252. The van der Waals surface area contributed by atoms with Crippen LogP contribution in [0.25, 0.3) is 0 Å². The summed E-state index contributed by atoms with van der Waals surface area (Å²) in [6.45, 7) is 6.56. The Morgan fingerprint density at radius 1 is 1.33 bits per heavy atom. The zero-order valence-electron chi connectivity index (χ0n) is 9.96. The third kappa shape index (κ3) is 3.33. The van der Waals surface area contributed by atoms with Gasteiger partial charge < -0.3 is 0 Å². The van der Waals surface area contributed by atoms with E-state index >= 15 is 0 Å². The Bertz CT molecular complexity index is 294. The smallest absolute Gasteiger partial charge is 0.0482 e. The van der Waals surface area contributed by atoms with Crippen LogP contribution in [0.15, 0.2) is 24.3 Å². The van der Waals surface area contributed by atoms with Gasteiger partial charge in [-0.2, -0.15) is 0 Å². The third-order valence-electron chi connectivity index (χ3n) is 2.70. The van der Waals surface area contributed by atoms with Crippen LogP contribution >= 0.6 is 0 Å². The van der Waals surface area contributed by atoms with Crippen LogP contribution in [0.4, 0.5) is 0 Å². The van der Waals surface area contributed by atoms with E-state index < -0.39 is 0 Å². The van der Waals surface area contributed by atoms with Crippen molar-refractivity contribution in [1.29, 1.82) is 0 Å². The number of hydrogen-bond donors (Lipinski definition) is 2. The van der Waals surface area contributed by atoms with Crippen LogP contribution in [0.5, 0.6) is 0 Å². The van der Waals surface area contributed by atoms with E-state index in [2.05, 4.69) is 50.5 Å². The highest BCUT2D eigenvalue weighted by Gasteiger charge is 2.13. The second-order valence-electron chi connectivity index (χ2n) is 4.38. The molecule has 0 aliphatic rings. The van der Waals surface area contributed by atoms with E-state index in [0.717, 1.165) is 6.42 Å². The number of nitrogens with one attached hydrogen (secondary N) is 1. The first kappa shape index (κ1) is 12.2. The molecule has 1 aromatic rings. The molecule has 0 fully saturated rings. The quantitative estimate of drug-likeness (QED) is 0.574. The molecule has 2 nitrogen and oxygen atoms in total. The zero-order valence-corrected chi connectivity index (χ0v) is 9.96. The summed E-state index contributed by atoms with van der Waals surface area (Å²) in [5.41, 5.74) is 5.58. The maximum absolute atomic E-state index is 5.58. The van der Waals surface area contributed by atoms with Crippen LogP contribution in [0.1, 0.15) is 44.4 Å². The van der Waals surface area contributed by atoms with E-state index in [1.165, 1.54) is 17.5 Å². The van der Waals surface area contributed by atoms with Crippen LogP contribution in [0.2, 0.25) is 0 Å². The average Bonchev–Trinajstić information content (AvgIpc) is 2.19. The summed E-state index contributed by atoms with van der Waals surface area (Å²) in [4.78, 5) is 0. The zero-order chi connectivity index (χ0) is 11.3. The van der Waals surface area contributed by atoms with Gasteiger partial charge >= 0.3 is 0 Å². The fourth-order valence-electron chi connectivity index (χ4n) is 1.90. The van der Waals surface area contributed by atoms with Crippen molar-refractivity contribution in [3.8, 4) is 0 Å². The van der Waals surface area contributed by atoms with Crippen molar-refractivity contribution in [3.05, 3.63) is 35.4 Å². The fourth-order valence-corrected chi connectivity index (χ4v) is 1.90. The molecule has 0 radical (unpaired) electrons. The normalized spacial score (nSPS) is 13.1. The van der Waals surface area contributed by atoms with Crippen molar-refractivity contribution in [2.75, 3.05) is 0 Å². The van der Waals surface area contributed by atoms with Crippen molar-refractivity contribution in [1.82, 2.24) is 5.43 Å². The molecule has 15 heavy (non-hydrogen) atoms. The first-order valence-electron chi connectivity index (χ1n) is 5.74. The molecule has 0 heterocycles. The highest BCUT2D eigenvalue weighted by molar-refractivity contribution is 5.26. The second-order valence-corrected chi connectivity index (χ2v) is 4.38. The summed E-state index contributed by atoms with van der Waals surface area (Å²) in [5, 5.41) is 0. The van der Waals surface area contributed by atoms with Crippen LogP contribution < -0.4 is 11.3 Å². The molecule has 1 aromatic carbocycles. The predicted molar refractivity (Wildman–Crippen MR) is 65.3 cm³/mol. The average molecular weight is 206 g/mol. The van der Waals surface area contributed by atoms with Gasteiger partial charge in [-0.05, 0) is 23.5 Å². The Kier molecular flexibility index (Phi) is 4.79. The lowest BCUT2D eigenvalue weighted by Gasteiger charge is -2.20. The fraction of sp³-hybridized carbons (Fsp3) is 0.538. The number of aryl methyl sites for hydroxylation is 1. The summed E-state index contributed by atoms with van der Waals surface area (Å²) in [6.07, 6.45) is 2.33. The standard InChI is InChI=1S/C13H22N2/c1-4-6-11-7-5-8-12(9-11)13(15-14)10(2)3/h5,7-10,13,15H,4,6,14H2,1-3H3. The number of rotatable bonds is 5. The van der Waals surface area contributed by atoms with E-state index in [-0.39, 0.29) is 6.04 Å². The molecule has 0 amide bonds. The molecule has 0 saturated heterocycles. The molecule has 0 aliphatic carbocycles. The van der Waals surface area contributed by atoms with Gasteiger partial charge in [-0.25, -0.2) is 0 Å². The third-order valence-corrected chi connectivity index (χ3v) is 2.70. The molecule has 1 rings (SSSR count). The van der Waals surface area contributed by atoms with Crippen LogP contribution in [-0.4, -0.2) is 0 Å². The number of nitrogens with two attached hydrogens (primary N) is 1. The highest BCUT2D eigenvalue weighted by Crippen LogP contribution is 2.21. The van der Waals surface area contributed by atoms with Crippen molar-refractivity contribution < 1.29 is 0 Å². The summed E-state index contributed by atoms with van der Waals surface area (Å²) in [7, 11) is 0. The molecule has 0 bridgehead atoms. The Morgan fingerprint density at radius 3 is 2.60 bits per heavy atom. The van der Waals surface area contributed by atoms with Crippen molar-refractivity contribution in [2.24, 2.45) is 11.8 Å². The lowest BCUT2D eigenvalue weighted by Crippen LogP contribution is -2.31. The van der Waals surface area contributed by atoms with E-state index in [0.29, 0.717) is 5.92 Å². The van der Waals surface area contributed by atoms with Gasteiger partial charge in [-0.3, -0.25) is 11.3 Å². The molecule has 1 unspecified atom stereocenters. The highest BCUT2D eigenvalue weighted by atomic mass is 15.2. The molecular formula is C13H22N2. The van der Waals surface area contributed by atoms with E-state index in [9.17, 15) is 0 Å². The molecule has 1 atom stereocenters. The van der Waals surface area contributed by atoms with E-state index in [1.807, 2.05) is 0 Å². The van der Waals surface area contributed by atoms with Gasteiger partial charge in [-0.1, -0.05) is 51.5 Å². The first-order valence-corrected chi connectivity index (χ1v) is 5.74. The van der Waals surface area contributed by atoms with Crippen molar-refractivity contribution in [2.45, 2.75) is 39.7 Å². The molecule has 0 aromatic heterocycles. The number of hydrazine groups is 1. The summed E-state index contributed by atoms with van der Waals surface area (Å²) < 4.78 is 0. The van der Waals surface area contributed by atoms with Crippen LogP contribution in [0, 0.1) is 5.92 Å². The Balaban J connectivity index is 2.87. The molecule has 2 heteroatoms. The topological polar surface area (TPSA) is 38.0 Å². The van der Waals surface area contributed by atoms with Gasteiger partial charge in [0.15, 0.2) is 0 Å². The summed E-state index contributed by atoms with van der Waals surface area (Å²) in [6, 6.07) is 8.95. The van der Waals surface area contributed by atoms with Gasteiger partial charge in [0, 0.05) is 6.04 Å². The lowest BCUT2D eigenvalue weighted by molar-refractivity contribution is 0.421. The minimum atomic E-state index is 0.252. The largest absolute Gasteiger partial charge is 0.271 e. The molecule has 84 valence electrons.